The van der Waals surface area contributed by atoms with Crippen molar-refractivity contribution < 1.29 is 26.7 Å². The lowest BCUT2D eigenvalue weighted by Crippen LogP contribution is -2.32. The van der Waals surface area contributed by atoms with Crippen molar-refractivity contribution in [2.24, 2.45) is 5.73 Å². The normalized spacial score (nSPS) is 11.5. The second kappa shape index (κ2) is 7.28. The maximum absolute atomic E-state index is 12.9. The molecule has 6 nitrogen and oxygen atoms in total. The Hall–Kier alpha value is -2.68. The molecule has 140 valence electrons. The fourth-order valence-electron chi connectivity index (χ4n) is 2.47. The Morgan fingerprint density at radius 1 is 1.15 bits per heavy atom. The Balaban J connectivity index is 2.76. The van der Waals surface area contributed by atoms with E-state index in [-0.39, 0.29) is 11.4 Å². The van der Waals surface area contributed by atoms with E-state index in [4.69, 9.17) is 10.5 Å². The van der Waals surface area contributed by atoms with Crippen molar-refractivity contribution in [3.63, 3.8) is 0 Å². The molecule has 9 heteroatoms. The van der Waals surface area contributed by atoms with Crippen molar-refractivity contribution in [1.29, 1.82) is 0 Å². The van der Waals surface area contributed by atoms with Crippen molar-refractivity contribution in [1.82, 2.24) is 0 Å². The summed E-state index contributed by atoms with van der Waals surface area (Å²) in [5.41, 5.74) is 7.42. The van der Waals surface area contributed by atoms with Crippen LogP contribution in [0.15, 0.2) is 41.3 Å². The van der Waals surface area contributed by atoms with E-state index < -0.39 is 26.5 Å². The van der Waals surface area contributed by atoms with Crippen LogP contribution >= 0.6 is 0 Å². The number of urea groups is 1. The van der Waals surface area contributed by atoms with Gasteiger partial charge in [0.2, 0.25) is 9.84 Å². The number of nitrogens with zero attached hydrogens (tertiary/aromatic N) is 1. The lowest BCUT2D eigenvalue weighted by molar-refractivity contribution is 0.234. The monoisotopic (exact) mass is 384 g/mol. The van der Waals surface area contributed by atoms with Crippen LogP contribution in [0.5, 0.6) is 5.75 Å². The maximum atomic E-state index is 12.9. The number of aryl methyl sites for hydroxylation is 1. The van der Waals surface area contributed by atoms with E-state index in [1.165, 1.54) is 13.2 Å². The third-order valence-corrected chi connectivity index (χ3v) is 5.37. The van der Waals surface area contributed by atoms with Gasteiger partial charge in [0.1, 0.15) is 5.75 Å². The first-order chi connectivity index (χ1) is 12.1. The van der Waals surface area contributed by atoms with E-state index in [1.807, 2.05) is 13.0 Å². The summed E-state index contributed by atoms with van der Waals surface area (Å²) >= 11 is 0. The van der Waals surface area contributed by atoms with E-state index in [9.17, 15) is 22.0 Å². The number of hydrogen-bond donors (Lipinski definition) is 1. The van der Waals surface area contributed by atoms with Crippen molar-refractivity contribution in [3.8, 4) is 5.75 Å². The molecule has 0 aliphatic rings. The summed E-state index contributed by atoms with van der Waals surface area (Å²) < 4.78 is 54.6. The summed E-state index contributed by atoms with van der Waals surface area (Å²) in [7, 11) is -3.54. The van der Waals surface area contributed by atoms with Gasteiger partial charge in [0.25, 0.3) is 0 Å². The number of primary amides is 1. The molecule has 2 aromatic carbocycles. The van der Waals surface area contributed by atoms with Crippen molar-refractivity contribution in [2.75, 3.05) is 12.0 Å². The summed E-state index contributed by atoms with van der Waals surface area (Å²) in [6.45, 7) is 3.58. The molecule has 0 heterocycles. The third kappa shape index (κ3) is 3.48. The van der Waals surface area contributed by atoms with Crippen LogP contribution in [-0.2, 0) is 9.84 Å². The van der Waals surface area contributed by atoms with Gasteiger partial charge >= 0.3 is 11.8 Å². The topological polar surface area (TPSA) is 89.7 Å². The molecular weight excluding hydrogens is 366 g/mol. The first-order valence-corrected chi connectivity index (χ1v) is 9.01. The number of sulfone groups is 1. The Labute approximate surface area is 150 Å². The molecule has 0 atom stereocenters. The van der Waals surface area contributed by atoms with Crippen molar-refractivity contribution in [3.05, 3.63) is 47.5 Å². The van der Waals surface area contributed by atoms with Crippen LogP contribution in [0.2, 0.25) is 0 Å². The lowest BCUT2D eigenvalue weighted by atomic mass is 10.1. The first-order valence-electron chi connectivity index (χ1n) is 7.47. The van der Waals surface area contributed by atoms with Crippen LogP contribution in [0.25, 0.3) is 0 Å². The standard InChI is InChI=1S/C17H18F2N2O4S/c1-10-5-4-6-13(11(10)2)21(17(20)22)14-9-12(7-8-15(14)25-3)26(23,24)16(18)19/h4-9,16H,1-3H3,(H2,20,22). The Morgan fingerprint density at radius 3 is 2.35 bits per heavy atom. The second-order valence-corrected chi connectivity index (χ2v) is 7.45. The molecule has 0 saturated heterocycles. The zero-order valence-corrected chi connectivity index (χ0v) is 15.2. The van der Waals surface area contributed by atoms with E-state index in [0.29, 0.717) is 5.69 Å². The number of hydrogen-bond acceptors (Lipinski definition) is 4. The van der Waals surface area contributed by atoms with Crippen LogP contribution in [0.4, 0.5) is 25.0 Å². The average molecular weight is 384 g/mol. The molecule has 0 saturated carbocycles. The highest BCUT2D eigenvalue weighted by Crippen LogP contribution is 2.38. The largest absolute Gasteiger partial charge is 0.495 e. The fourth-order valence-corrected chi connectivity index (χ4v) is 3.21. The number of nitrogens with two attached hydrogens (primary N) is 1. The summed E-state index contributed by atoms with van der Waals surface area (Å²) in [4.78, 5) is 12.5. The van der Waals surface area contributed by atoms with E-state index in [2.05, 4.69) is 0 Å². The summed E-state index contributed by atoms with van der Waals surface area (Å²) in [6.07, 6.45) is 0. The lowest BCUT2D eigenvalue weighted by Gasteiger charge is -2.25. The molecule has 2 N–H and O–H groups in total. The number of anilines is 2. The molecule has 0 bridgehead atoms. The van der Waals surface area contributed by atoms with E-state index in [1.54, 1.807) is 19.1 Å². The van der Waals surface area contributed by atoms with Gasteiger partial charge in [-0.2, -0.15) is 8.78 Å². The zero-order chi connectivity index (χ0) is 19.6. The molecule has 0 aliphatic heterocycles. The number of carbonyl (C=O) groups is 1. The number of halogens is 2. The number of methoxy groups -OCH3 is 1. The van der Waals surface area contributed by atoms with Crippen molar-refractivity contribution >= 4 is 27.2 Å². The molecule has 2 rings (SSSR count). The SMILES string of the molecule is COc1ccc(S(=O)(=O)C(F)F)cc1N(C(N)=O)c1cccc(C)c1C. The number of rotatable bonds is 5. The molecular formula is C17H18F2N2O4S. The molecule has 2 aromatic rings. The summed E-state index contributed by atoms with van der Waals surface area (Å²) in [6, 6.07) is 7.36. The van der Waals surface area contributed by atoms with Gasteiger partial charge in [0.15, 0.2) is 0 Å². The predicted molar refractivity (Wildman–Crippen MR) is 93.8 cm³/mol. The highest BCUT2D eigenvalue weighted by atomic mass is 32.2. The van der Waals surface area contributed by atoms with Gasteiger partial charge in [-0.25, -0.2) is 13.2 Å². The Bertz CT molecular complexity index is 946. The highest BCUT2D eigenvalue weighted by Gasteiger charge is 2.29. The van der Waals surface area contributed by atoms with E-state index in [0.717, 1.165) is 28.2 Å². The van der Waals surface area contributed by atoms with Gasteiger partial charge in [-0.05, 0) is 49.2 Å². The number of carbonyl (C=O) groups excluding carboxylic acids is 1. The fraction of sp³-hybridized carbons (Fsp3) is 0.235. The van der Waals surface area contributed by atoms with Gasteiger partial charge in [-0.15, -0.1) is 0 Å². The van der Waals surface area contributed by atoms with Gasteiger partial charge in [0.05, 0.1) is 23.4 Å². The highest BCUT2D eigenvalue weighted by molar-refractivity contribution is 7.91. The molecule has 0 aliphatic carbocycles. The zero-order valence-electron chi connectivity index (χ0n) is 14.4. The molecule has 0 aromatic heterocycles. The second-order valence-electron chi connectivity index (χ2n) is 5.53. The van der Waals surface area contributed by atoms with Crippen LogP contribution in [0, 0.1) is 13.8 Å². The smallest absolute Gasteiger partial charge is 0.341 e. The molecule has 26 heavy (non-hydrogen) atoms. The van der Waals surface area contributed by atoms with Crippen molar-refractivity contribution in [2.45, 2.75) is 24.5 Å². The minimum Gasteiger partial charge on any atom is -0.495 e. The molecule has 0 spiro atoms. The summed E-state index contributed by atoms with van der Waals surface area (Å²) in [5.74, 6) is -3.48. The molecule has 0 unspecified atom stereocenters. The molecule has 0 fully saturated rings. The molecule has 2 amide bonds. The Kier molecular flexibility index (Phi) is 5.50. The van der Waals surface area contributed by atoms with Gasteiger partial charge < -0.3 is 10.5 Å². The van der Waals surface area contributed by atoms with Crippen LogP contribution in [0.1, 0.15) is 11.1 Å². The quantitative estimate of drug-likeness (QED) is 0.854. The predicted octanol–water partition coefficient (Wildman–Crippen LogP) is 3.53. The van der Waals surface area contributed by atoms with E-state index >= 15 is 0 Å². The van der Waals surface area contributed by atoms with Gasteiger partial charge in [-0.3, -0.25) is 4.90 Å². The van der Waals surface area contributed by atoms with Gasteiger partial charge in [-0.1, -0.05) is 12.1 Å². The van der Waals surface area contributed by atoms with Crippen LogP contribution in [0.3, 0.4) is 0 Å². The number of amides is 2. The third-order valence-electron chi connectivity index (χ3n) is 3.99. The minimum absolute atomic E-state index is 0.0459. The molecule has 0 radical (unpaired) electrons. The van der Waals surface area contributed by atoms with Crippen LogP contribution < -0.4 is 15.4 Å². The number of alkyl halides is 2. The minimum atomic E-state index is -4.85. The Morgan fingerprint density at radius 2 is 1.81 bits per heavy atom. The van der Waals surface area contributed by atoms with Gasteiger partial charge in [0, 0.05) is 0 Å². The average Bonchev–Trinajstić information content (AvgIpc) is 2.58. The van der Waals surface area contributed by atoms with Crippen LogP contribution in [-0.4, -0.2) is 27.3 Å². The maximum Gasteiger partial charge on any atom is 0.341 e. The number of ether oxygens (including phenoxy) is 1. The summed E-state index contributed by atoms with van der Waals surface area (Å²) in [5, 5.41) is 0. The number of benzene rings is 2. The first kappa shape index (κ1) is 19.6.